The summed E-state index contributed by atoms with van der Waals surface area (Å²) in [6, 6.07) is 0. The van der Waals surface area contributed by atoms with Crippen molar-refractivity contribution in [1.29, 1.82) is 0 Å². The number of carbonyl (C=O) groups excluding carboxylic acids is 1. The van der Waals surface area contributed by atoms with Crippen molar-refractivity contribution in [3.05, 3.63) is 0 Å². The van der Waals surface area contributed by atoms with E-state index in [2.05, 4.69) is 4.74 Å². The lowest BCUT2D eigenvalue weighted by molar-refractivity contribution is -0.128. The van der Waals surface area contributed by atoms with Crippen molar-refractivity contribution in [2.45, 2.75) is 27.7 Å². The lowest BCUT2D eigenvalue weighted by atomic mass is 10.9. The molecule has 0 rings (SSSR count). The van der Waals surface area contributed by atoms with Crippen LogP contribution in [0.25, 0.3) is 0 Å². The van der Waals surface area contributed by atoms with Crippen molar-refractivity contribution in [3.8, 4) is 0 Å². The summed E-state index contributed by atoms with van der Waals surface area (Å²) < 4.78 is 19.8. The Bertz CT molecular complexity index is 109. The van der Waals surface area contributed by atoms with Crippen molar-refractivity contribution in [1.82, 2.24) is 0 Å². The zero-order valence-electron chi connectivity index (χ0n) is 10.0. The summed E-state index contributed by atoms with van der Waals surface area (Å²) >= 11 is 0. The first-order valence-corrected chi connectivity index (χ1v) is 6.58. The molecule has 0 fully saturated rings. The molecule has 0 amide bonds. The SMILES string of the molecule is CCOC=O.CCO[SiH](OCC)OCC. The zero-order chi connectivity index (χ0) is 11.9. The number of ether oxygens (including phenoxy) is 1. The van der Waals surface area contributed by atoms with Crippen LogP contribution in [0.15, 0.2) is 0 Å². The van der Waals surface area contributed by atoms with Crippen molar-refractivity contribution in [3.63, 3.8) is 0 Å². The summed E-state index contributed by atoms with van der Waals surface area (Å²) in [5.74, 6) is 0. The third-order valence-electron chi connectivity index (χ3n) is 1.14. The van der Waals surface area contributed by atoms with Crippen molar-refractivity contribution in [2.75, 3.05) is 26.4 Å². The molecule has 0 N–H and O–H groups in total. The first kappa shape index (κ1) is 17.0. The fraction of sp³-hybridized carbons (Fsp3) is 0.889. The third-order valence-corrected chi connectivity index (χ3v) is 2.96. The van der Waals surface area contributed by atoms with Crippen LogP contribution in [-0.2, 0) is 22.8 Å². The number of hydrogen-bond donors (Lipinski definition) is 0. The monoisotopic (exact) mass is 238 g/mol. The van der Waals surface area contributed by atoms with E-state index in [1.165, 1.54) is 0 Å². The molecule has 0 heterocycles. The van der Waals surface area contributed by atoms with Gasteiger partial charge in [-0.15, -0.1) is 0 Å². The van der Waals surface area contributed by atoms with E-state index in [0.717, 1.165) is 0 Å². The van der Waals surface area contributed by atoms with Gasteiger partial charge in [0, 0.05) is 19.8 Å². The minimum Gasteiger partial charge on any atom is -0.468 e. The summed E-state index contributed by atoms with van der Waals surface area (Å²) in [6.07, 6.45) is 0. The van der Waals surface area contributed by atoms with Gasteiger partial charge >= 0.3 is 9.53 Å². The van der Waals surface area contributed by atoms with Crippen LogP contribution in [0.4, 0.5) is 0 Å². The van der Waals surface area contributed by atoms with E-state index in [-0.39, 0.29) is 0 Å². The van der Waals surface area contributed by atoms with Gasteiger partial charge in [0.15, 0.2) is 0 Å². The molecule has 0 radical (unpaired) electrons. The largest absolute Gasteiger partial charge is 0.484 e. The lowest BCUT2D eigenvalue weighted by Gasteiger charge is -2.12. The van der Waals surface area contributed by atoms with Gasteiger partial charge in [0.05, 0.1) is 6.61 Å². The minimum absolute atomic E-state index is 0.431. The Balaban J connectivity index is 0. The van der Waals surface area contributed by atoms with Gasteiger partial charge < -0.3 is 18.0 Å². The lowest BCUT2D eigenvalue weighted by Crippen LogP contribution is -2.27. The highest BCUT2D eigenvalue weighted by Crippen LogP contribution is 1.91. The van der Waals surface area contributed by atoms with E-state index in [9.17, 15) is 4.79 Å². The summed E-state index contributed by atoms with van der Waals surface area (Å²) in [6.45, 7) is 10.5. The van der Waals surface area contributed by atoms with Crippen LogP contribution in [0.3, 0.4) is 0 Å². The number of rotatable bonds is 8. The predicted octanol–water partition coefficient (Wildman–Crippen LogP) is 0.992. The van der Waals surface area contributed by atoms with Gasteiger partial charge in [0.25, 0.3) is 6.47 Å². The molecular weight excluding hydrogens is 216 g/mol. The fourth-order valence-electron chi connectivity index (χ4n) is 0.621. The van der Waals surface area contributed by atoms with E-state index in [0.29, 0.717) is 32.9 Å². The third kappa shape index (κ3) is 16.3. The van der Waals surface area contributed by atoms with Crippen LogP contribution in [-0.4, -0.2) is 42.4 Å². The first-order chi connectivity index (χ1) is 7.26. The van der Waals surface area contributed by atoms with Crippen molar-refractivity contribution >= 4 is 16.0 Å². The minimum atomic E-state index is -1.73. The van der Waals surface area contributed by atoms with Gasteiger partial charge in [-0.05, 0) is 27.7 Å². The Kier molecular flexibility index (Phi) is 18.1. The molecule has 0 aromatic heterocycles. The van der Waals surface area contributed by atoms with Crippen LogP contribution in [0.2, 0.25) is 0 Å². The summed E-state index contributed by atoms with van der Waals surface area (Å²) in [5.41, 5.74) is 0. The Morgan fingerprint density at radius 1 is 0.867 bits per heavy atom. The van der Waals surface area contributed by atoms with Crippen LogP contribution >= 0.6 is 0 Å². The molecule has 0 atom stereocenters. The second kappa shape index (κ2) is 16.0. The van der Waals surface area contributed by atoms with Crippen LogP contribution in [0.1, 0.15) is 27.7 Å². The highest BCUT2D eigenvalue weighted by molar-refractivity contribution is 6.36. The van der Waals surface area contributed by atoms with Gasteiger partial charge in [0.2, 0.25) is 0 Å². The molecule has 5 nitrogen and oxygen atoms in total. The number of carbonyl (C=O) groups is 1. The fourth-order valence-corrected chi connectivity index (χ4v) is 1.73. The van der Waals surface area contributed by atoms with Gasteiger partial charge in [-0.25, -0.2) is 0 Å². The molecule has 0 saturated heterocycles. The van der Waals surface area contributed by atoms with Gasteiger partial charge in [-0.3, -0.25) is 4.79 Å². The molecule has 0 aliphatic carbocycles. The second-order valence-corrected chi connectivity index (χ2v) is 3.78. The van der Waals surface area contributed by atoms with E-state index in [1.807, 2.05) is 20.8 Å². The standard InChI is InChI=1S/C6H16O3Si.C3H6O2/c1-4-7-10(8-5-2)9-6-3;1-2-5-3-4/h10H,4-6H2,1-3H3;3H,2H2,1H3. The molecule has 0 unspecified atom stereocenters. The molecule has 6 heteroatoms. The maximum Gasteiger partial charge on any atom is 0.484 e. The molecule has 0 aromatic carbocycles. The molecular formula is C9H22O5Si. The highest BCUT2D eigenvalue weighted by atomic mass is 28.3. The topological polar surface area (TPSA) is 54.0 Å². The summed E-state index contributed by atoms with van der Waals surface area (Å²) in [5, 5.41) is 0. The molecule has 0 spiro atoms. The van der Waals surface area contributed by atoms with Crippen LogP contribution < -0.4 is 0 Å². The van der Waals surface area contributed by atoms with Gasteiger partial charge in [-0.2, -0.15) is 0 Å². The average molecular weight is 238 g/mol. The van der Waals surface area contributed by atoms with Crippen LogP contribution in [0.5, 0.6) is 0 Å². The normalized spacial score (nSPS) is 9.40. The smallest absolute Gasteiger partial charge is 0.468 e. The zero-order valence-corrected chi connectivity index (χ0v) is 11.2. The predicted molar refractivity (Wildman–Crippen MR) is 59.7 cm³/mol. The quantitative estimate of drug-likeness (QED) is 0.466. The Morgan fingerprint density at radius 3 is 1.40 bits per heavy atom. The maximum absolute atomic E-state index is 9.18. The molecule has 0 aromatic rings. The van der Waals surface area contributed by atoms with E-state index in [4.69, 9.17) is 13.3 Å². The molecule has 0 aliphatic rings. The van der Waals surface area contributed by atoms with Crippen LogP contribution in [0, 0.1) is 0 Å². The Morgan fingerprint density at radius 2 is 1.27 bits per heavy atom. The molecule has 92 valence electrons. The maximum atomic E-state index is 9.18. The van der Waals surface area contributed by atoms with E-state index in [1.54, 1.807) is 6.92 Å². The number of hydrogen-bond acceptors (Lipinski definition) is 5. The summed E-state index contributed by atoms with van der Waals surface area (Å²) in [4.78, 5) is 9.18. The molecule has 0 saturated carbocycles. The summed E-state index contributed by atoms with van der Waals surface area (Å²) in [7, 11) is -1.73. The second-order valence-electron chi connectivity index (χ2n) is 2.21. The van der Waals surface area contributed by atoms with Gasteiger partial charge in [-0.1, -0.05) is 0 Å². The van der Waals surface area contributed by atoms with Gasteiger partial charge in [0.1, 0.15) is 0 Å². The van der Waals surface area contributed by atoms with E-state index < -0.39 is 9.53 Å². The Hall–Kier alpha value is -0.433. The van der Waals surface area contributed by atoms with E-state index >= 15 is 0 Å². The molecule has 0 bridgehead atoms. The van der Waals surface area contributed by atoms with Crippen molar-refractivity contribution < 1.29 is 22.8 Å². The Labute approximate surface area is 93.6 Å². The average Bonchev–Trinajstić information content (AvgIpc) is 2.21. The molecule has 0 aliphatic heterocycles. The highest BCUT2D eigenvalue weighted by Gasteiger charge is 2.11. The van der Waals surface area contributed by atoms with Crippen molar-refractivity contribution in [2.24, 2.45) is 0 Å². The first-order valence-electron chi connectivity index (χ1n) is 5.16. The molecule has 15 heavy (non-hydrogen) atoms.